The summed E-state index contributed by atoms with van der Waals surface area (Å²) in [7, 11) is 1.98. The third-order valence-electron chi connectivity index (χ3n) is 2.71. The quantitative estimate of drug-likeness (QED) is 0.562. The van der Waals surface area contributed by atoms with Crippen LogP contribution in [0.1, 0.15) is 32.6 Å². The van der Waals surface area contributed by atoms with Crippen molar-refractivity contribution in [2.45, 2.75) is 32.6 Å². The first-order valence-electron chi connectivity index (χ1n) is 6.52. The van der Waals surface area contributed by atoms with Crippen LogP contribution < -0.4 is 5.32 Å². The molecule has 0 unspecified atom stereocenters. The van der Waals surface area contributed by atoms with Crippen molar-refractivity contribution in [2.75, 3.05) is 20.2 Å². The molecule has 0 aromatic carbocycles. The molecule has 0 saturated heterocycles. The molecule has 1 N–H and O–H groups in total. The van der Waals surface area contributed by atoms with Crippen LogP contribution >= 0.6 is 0 Å². The fourth-order valence-electron chi connectivity index (χ4n) is 1.85. The van der Waals surface area contributed by atoms with Crippen LogP contribution in [0.2, 0.25) is 0 Å². The van der Waals surface area contributed by atoms with Gasteiger partial charge in [-0.2, -0.15) is 0 Å². The van der Waals surface area contributed by atoms with Crippen molar-refractivity contribution in [2.24, 2.45) is 5.92 Å². The second-order valence-corrected chi connectivity index (χ2v) is 4.11. The van der Waals surface area contributed by atoms with Gasteiger partial charge in [-0.05, 0) is 58.4 Å². The zero-order chi connectivity index (χ0) is 12.3. The molecule has 0 amide bonds. The topological polar surface area (TPSA) is 21.3 Å². The summed E-state index contributed by atoms with van der Waals surface area (Å²) in [5.41, 5.74) is 0. The maximum Gasteiger partial charge on any atom is 0.107 e. The van der Waals surface area contributed by atoms with Crippen molar-refractivity contribution in [1.29, 1.82) is 0 Å². The normalized spacial score (nSPS) is 24.4. The lowest BCUT2D eigenvalue weighted by Gasteiger charge is -2.15. The average Bonchev–Trinajstić information content (AvgIpc) is 2.44. The molecular weight excluding hydrogens is 210 g/mol. The Bertz CT molecular complexity index is 320. The second kappa shape index (κ2) is 8.90. The van der Waals surface area contributed by atoms with E-state index in [4.69, 9.17) is 4.74 Å². The molecule has 1 aliphatic carbocycles. The number of hydrogen-bond donors (Lipinski definition) is 1. The Morgan fingerprint density at radius 3 is 3.12 bits per heavy atom. The van der Waals surface area contributed by atoms with Crippen LogP contribution in [-0.2, 0) is 4.74 Å². The molecule has 0 heterocycles. The highest BCUT2D eigenvalue weighted by molar-refractivity contribution is 5.23. The van der Waals surface area contributed by atoms with E-state index in [0.29, 0.717) is 0 Å². The minimum Gasteiger partial charge on any atom is -0.497 e. The monoisotopic (exact) mass is 233 g/mol. The second-order valence-electron chi connectivity index (χ2n) is 4.11. The lowest BCUT2D eigenvalue weighted by molar-refractivity contribution is 0.199. The van der Waals surface area contributed by atoms with E-state index in [1.54, 1.807) is 0 Å². The number of hydrogen-bond acceptors (Lipinski definition) is 2. The molecule has 1 rings (SSSR count). The van der Waals surface area contributed by atoms with Crippen LogP contribution in [0.4, 0.5) is 0 Å². The zero-order valence-corrected chi connectivity index (χ0v) is 11.0. The fourth-order valence-corrected chi connectivity index (χ4v) is 1.85. The third kappa shape index (κ3) is 5.60. The van der Waals surface area contributed by atoms with Crippen molar-refractivity contribution in [3.63, 3.8) is 0 Å². The molecule has 2 nitrogen and oxygen atoms in total. The molecule has 0 aromatic rings. The van der Waals surface area contributed by atoms with Gasteiger partial charge >= 0.3 is 0 Å². The van der Waals surface area contributed by atoms with Crippen LogP contribution in [-0.4, -0.2) is 20.2 Å². The first kappa shape index (κ1) is 13.9. The van der Waals surface area contributed by atoms with Crippen molar-refractivity contribution in [1.82, 2.24) is 5.32 Å². The molecule has 1 atom stereocenters. The van der Waals surface area contributed by atoms with Crippen molar-refractivity contribution < 1.29 is 4.74 Å². The summed E-state index contributed by atoms with van der Waals surface area (Å²) >= 11 is 0. The number of allylic oxidation sites excluding steroid dienone is 4. The van der Waals surface area contributed by atoms with Crippen molar-refractivity contribution in [3.8, 4) is 11.8 Å². The molecule has 0 bridgehead atoms. The van der Waals surface area contributed by atoms with Gasteiger partial charge in [0, 0.05) is 0 Å². The van der Waals surface area contributed by atoms with E-state index in [2.05, 4.69) is 29.3 Å². The predicted molar refractivity (Wildman–Crippen MR) is 72.5 cm³/mol. The summed E-state index contributed by atoms with van der Waals surface area (Å²) in [6, 6.07) is 0. The summed E-state index contributed by atoms with van der Waals surface area (Å²) in [5, 5.41) is 3.17. The van der Waals surface area contributed by atoms with Gasteiger partial charge in [-0.25, -0.2) is 0 Å². The molecule has 0 aromatic heterocycles. The SMILES string of the molecule is CCO/C1=C/CC/C=C\C#C[C@@H]1CCCNC. The van der Waals surface area contributed by atoms with Gasteiger partial charge in [0.15, 0.2) is 0 Å². The molecule has 94 valence electrons. The first-order chi connectivity index (χ1) is 8.38. The van der Waals surface area contributed by atoms with E-state index < -0.39 is 0 Å². The molecule has 0 saturated carbocycles. The summed E-state index contributed by atoms with van der Waals surface area (Å²) in [6.45, 7) is 3.79. The third-order valence-corrected chi connectivity index (χ3v) is 2.71. The van der Waals surface area contributed by atoms with Gasteiger partial charge in [0.25, 0.3) is 0 Å². The Morgan fingerprint density at radius 1 is 1.47 bits per heavy atom. The molecule has 17 heavy (non-hydrogen) atoms. The summed E-state index contributed by atoms with van der Waals surface area (Å²) < 4.78 is 5.73. The van der Waals surface area contributed by atoms with Crippen LogP contribution in [0, 0.1) is 17.8 Å². The summed E-state index contributed by atoms with van der Waals surface area (Å²) in [6.07, 6.45) is 10.6. The lowest BCUT2D eigenvalue weighted by atomic mass is 10.0. The largest absolute Gasteiger partial charge is 0.497 e. The Kier molecular flexibility index (Phi) is 7.25. The minimum absolute atomic E-state index is 0.256. The van der Waals surface area contributed by atoms with Crippen LogP contribution in [0.25, 0.3) is 0 Å². The van der Waals surface area contributed by atoms with Gasteiger partial charge in [0.05, 0.1) is 12.5 Å². The van der Waals surface area contributed by atoms with E-state index in [0.717, 1.165) is 44.6 Å². The average molecular weight is 233 g/mol. The van der Waals surface area contributed by atoms with E-state index >= 15 is 0 Å². The fraction of sp³-hybridized carbons (Fsp3) is 0.600. The Balaban J connectivity index is 2.66. The van der Waals surface area contributed by atoms with Gasteiger partial charge in [0.1, 0.15) is 5.76 Å². The summed E-state index contributed by atoms with van der Waals surface area (Å²) in [4.78, 5) is 0. The van der Waals surface area contributed by atoms with Gasteiger partial charge in [0.2, 0.25) is 0 Å². The molecule has 0 spiro atoms. The highest BCUT2D eigenvalue weighted by atomic mass is 16.5. The van der Waals surface area contributed by atoms with Gasteiger partial charge in [-0.1, -0.05) is 17.9 Å². The molecule has 2 heteroatoms. The van der Waals surface area contributed by atoms with Gasteiger partial charge in [-0.15, -0.1) is 0 Å². The van der Waals surface area contributed by atoms with Crippen LogP contribution in [0.15, 0.2) is 24.0 Å². The molecule has 1 aliphatic rings. The Hall–Kier alpha value is -1.20. The standard InChI is InChI=1S/C15H23NO/c1-3-17-15-12-8-6-4-5-7-10-14(15)11-9-13-16-2/h4-5,12,14,16H,3,6,8-9,11,13H2,1-2H3/b5-4-,15-12+/t14-/m1/s1. The predicted octanol–water partition coefficient (Wildman–Crippen LogP) is 2.88. The summed E-state index contributed by atoms with van der Waals surface area (Å²) in [5.74, 6) is 7.74. The first-order valence-corrected chi connectivity index (χ1v) is 6.52. The van der Waals surface area contributed by atoms with E-state index in [1.807, 2.05) is 20.0 Å². The number of nitrogens with one attached hydrogen (secondary N) is 1. The molecule has 0 aliphatic heterocycles. The zero-order valence-electron chi connectivity index (χ0n) is 11.0. The van der Waals surface area contributed by atoms with Crippen LogP contribution in [0.5, 0.6) is 0 Å². The van der Waals surface area contributed by atoms with Gasteiger partial charge < -0.3 is 10.1 Å². The van der Waals surface area contributed by atoms with Crippen molar-refractivity contribution >= 4 is 0 Å². The van der Waals surface area contributed by atoms with E-state index in [-0.39, 0.29) is 5.92 Å². The maximum absolute atomic E-state index is 5.73. The Morgan fingerprint density at radius 2 is 2.35 bits per heavy atom. The minimum atomic E-state index is 0.256. The number of rotatable bonds is 6. The highest BCUT2D eigenvalue weighted by Crippen LogP contribution is 2.19. The molecule has 0 fully saturated rings. The molecule has 0 radical (unpaired) electrons. The van der Waals surface area contributed by atoms with Crippen molar-refractivity contribution in [3.05, 3.63) is 24.0 Å². The maximum atomic E-state index is 5.73. The van der Waals surface area contributed by atoms with Gasteiger partial charge in [-0.3, -0.25) is 0 Å². The number of ether oxygens (including phenoxy) is 1. The van der Waals surface area contributed by atoms with E-state index in [9.17, 15) is 0 Å². The molecular formula is C15H23NO. The highest BCUT2D eigenvalue weighted by Gasteiger charge is 2.12. The lowest BCUT2D eigenvalue weighted by Crippen LogP contribution is -2.12. The smallest absolute Gasteiger partial charge is 0.107 e. The van der Waals surface area contributed by atoms with Crippen LogP contribution in [0.3, 0.4) is 0 Å². The Labute approximate surface area is 105 Å². The van der Waals surface area contributed by atoms with E-state index in [1.165, 1.54) is 0 Å².